The van der Waals surface area contributed by atoms with Crippen molar-refractivity contribution in [3.05, 3.63) is 52.3 Å². The lowest BCUT2D eigenvalue weighted by Crippen LogP contribution is -2.15. The van der Waals surface area contributed by atoms with Crippen LogP contribution in [-0.4, -0.2) is 10.9 Å². The summed E-state index contributed by atoms with van der Waals surface area (Å²) in [4.78, 5) is 16.0. The summed E-state index contributed by atoms with van der Waals surface area (Å²) in [5.74, 6) is 4.84. The van der Waals surface area contributed by atoms with E-state index in [1.165, 1.54) is 12.3 Å². The largest absolute Gasteiger partial charge is 0.324 e. The Kier molecular flexibility index (Phi) is 4.21. The molecule has 0 fully saturated rings. The molecule has 0 saturated heterocycles. The fraction of sp³-hybridized carbons (Fsp3) is 0. The van der Waals surface area contributed by atoms with Crippen LogP contribution in [0.25, 0.3) is 0 Å². The molecular formula is C12H10Cl2N4O. The first-order chi connectivity index (χ1) is 9.11. The first kappa shape index (κ1) is 13.6. The molecule has 1 amide bonds. The van der Waals surface area contributed by atoms with Crippen LogP contribution in [0.2, 0.25) is 10.0 Å². The monoisotopic (exact) mass is 296 g/mol. The number of nitrogens with two attached hydrogens (primary N) is 1. The van der Waals surface area contributed by atoms with E-state index in [1.54, 1.807) is 24.3 Å². The molecule has 0 bridgehead atoms. The average molecular weight is 297 g/mol. The summed E-state index contributed by atoms with van der Waals surface area (Å²) in [6, 6.07) is 8.11. The number of nitrogens with one attached hydrogen (secondary N) is 2. The number of halogens is 2. The molecule has 0 aliphatic rings. The van der Waals surface area contributed by atoms with Crippen molar-refractivity contribution >= 4 is 40.5 Å². The van der Waals surface area contributed by atoms with Gasteiger partial charge in [0, 0.05) is 6.20 Å². The van der Waals surface area contributed by atoms with E-state index in [1.807, 2.05) is 0 Å². The highest BCUT2D eigenvalue weighted by Gasteiger charge is 2.12. The van der Waals surface area contributed by atoms with Gasteiger partial charge in [0.1, 0.15) is 5.69 Å². The van der Waals surface area contributed by atoms with Crippen LogP contribution in [-0.2, 0) is 0 Å². The molecule has 0 aliphatic heterocycles. The van der Waals surface area contributed by atoms with Crippen molar-refractivity contribution < 1.29 is 4.79 Å². The van der Waals surface area contributed by atoms with E-state index >= 15 is 0 Å². The number of amides is 1. The lowest BCUT2D eigenvalue weighted by molar-refractivity contribution is 0.102. The summed E-state index contributed by atoms with van der Waals surface area (Å²) >= 11 is 11.9. The zero-order valence-corrected chi connectivity index (χ0v) is 11.2. The van der Waals surface area contributed by atoms with Gasteiger partial charge < -0.3 is 10.7 Å². The number of hydrogen-bond acceptors (Lipinski definition) is 4. The molecule has 1 aromatic carbocycles. The van der Waals surface area contributed by atoms with Crippen molar-refractivity contribution in [2.45, 2.75) is 0 Å². The van der Waals surface area contributed by atoms with E-state index in [-0.39, 0.29) is 5.69 Å². The molecule has 0 atom stereocenters. The second kappa shape index (κ2) is 5.88. The summed E-state index contributed by atoms with van der Waals surface area (Å²) in [6.45, 7) is 0. The minimum Gasteiger partial charge on any atom is -0.324 e. The van der Waals surface area contributed by atoms with Crippen molar-refractivity contribution in [3.63, 3.8) is 0 Å². The second-order valence-corrected chi connectivity index (χ2v) is 4.44. The van der Waals surface area contributed by atoms with Crippen molar-refractivity contribution in [2.24, 2.45) is 5.84 Å². The molecule has 7 heteroatoms. The maximum atomic E-state index is 12.0. The number of anilines is 2. The number of nitrogen functional groups attached to an aromatic ring is 1. The summed E-state index contributed by atoms with van der Waals surface area (Å²) in [5, 5.41) is 3.32. The predicted octanol–water partition coefficient (Wildman–Crippen LogP) is 2.93. The quantitative estimate of drug-likeness (QED) is 0.601. The van der Waals surface area contributed by atoms with E-state index in [0.717, 1.165) is 0 Å². The van der Waals surface area contributed by atoms with Crippen molar-refractivity contribution in [2.75, 3.05) is 10.7 Å². The zero-order chi connectivity index (χ0) is 13.8. The molecular weight excluding hydrogens is 287 g/mol. The third-order valence-corrected chi connectivity index (χ3v) is 2.99. The maximum Gasteiger partial charge on any atom is 0.274 e. The molecule has 1 aromatic heterocycles. The highest BCUT2D eigenvalue weighted by molar-refractivity contribution is 6.40. The van der Waals surface area contributed by atoms with Gasteiger partial charge in [-0.15, -0.1) is 0 Å². The summed E-state index contributed by atoms with van der Waals surface area (Å²) < 4.78 is 0. The number of carbonyl (C=O) groups is 1. The lowest BCUT2D eigenvalue weighted by atomic mass is 10.2. The third-order valence-electron chi connectivity index (χ3n) is 2.36. The standard InChI is InChI=1S/C12H10Cl2N4O/c13-8-2-1-3-9(14)11(8)17-12(19)10-6-7(18-15)4-5-16-10/h1-6H,15H2,(H,16,18)(H,17,19). The molecule has 2 rings (SSSR count). The Hall–Kier alpha value is -1.82. The Morgan fingerprint density at radius 2 is 1.89 bits per heavy atom. The predicted molar refractivity (Wildman–Crippen MR) is 76.5 cm³/mol. The number of carbonyl (C=O) groups excluding carboxylic acids is 1. The fourth-order valence-electron chi connectivity index (χ4n) is 1.44. The molecule has 0 unspecified atom stereocenters. The van der Waals surface area contributed by atoms with Crippen molar-refractivity contribution in [3.8, 4) is 0 Å². The van der Waals surface area contributed by atoms with Crippen LogP contribution >= 0.6 is 23.2 Å². The normalized spacial score (nSPS) is 10.1. The van der Waals surface area contributed by atoms with Gasteiger partial charge in [0.05, 0.1) is 21.4 Å². The molecule has 0 spiro atoms. The number of nitrogens with zero attached hydrogens (tertiary/aromatic N) is 1. The van der Waals surface area contributed by atoms with Gasteiger partial charge in [-0.05, 0) is 24.3 Å². The second-order valence-electron chi connectivity index (χ2n) is 3.62. The zero-order valence-electron chi connectivity index (χ0n) is 9.65. The Bertz CT molecular complexity index is 598. The van der Waals surface area contributed by atoms with Crippen LogP contribution < -0.4 is 16.6 Å². The van der Waals surface area contributed by atoms with Crippen molar-refractivity contribution in [1.29, 1.82) is 0 Å². The summed E-state index contributed by atoms with van der Waals surface area (Å²) in [6.07, 6.45) is 1.47. The first-order valence-corrected chi connectivity index (χ1v) is 6.05. The molecule has 4 N–H and O–H groups in total. The number of aromatic nitrogens is 1. The summed E-state index contributed by atoms with van der Waals surface area (Å²) in [7, 11) is 0. The highest BCUT2D eigenvalue weighted by Crippen LogP contribution is 2.30. The van der Waals surface area contributed by atoms with Gasteiger partial charge in [0.2, 0.25) is 0 Å². The van der Waals surface area contributed by atoms with Gasteiger partial charge in [0.25, 0.3) is 5.91 Å². The minimum absolute atomic E-state index is 0.200. The lowest BCUT2D eigenvalue weighted by Gasteiger charge is -2.09. The number of hydrazine groups is 1. The molecule has 98 valence electrons. The smallest absolute Gasteiger partial charge is 0.274 e. The van der Waals surface area contributed by atoms with Gasteiger partial charge >= 0.3 is 0 Å². The van der Waals surface area contributed by atoms with E-state index in [4.69, 9.17) is 29.0 Å². The fourth-order valence-corrected chi connectivity index (χ4v) is 1.93. The topological polar surface area (TPSA) is 80.0 Å². The molecule has 0 saturated carbocycles. The molecule has 2 aromatic rings. The van der Waals surface area contributed by atoms with E-state index in [9.17, 15) is 4.79 Å². The van der Waals surface area contributed by atoms with E-state index in [0.29, 0.717) is 21.4 Å². The third kappa shape index (κ3) is 3.14. The van der Waals surface area contributed by atoms with Crippen LogP contribution in [0.1, 0.15) is 10.5 Å². The Balaban J connectivity index is 2.25. The SMILES string of the molecule is NNc1ccnc(C(=O)Nc2c(Cl)cccc2Cl)c1. The number of para-hydroxylation sites is 1. The van der Waals surface area contributed by atoms with Crippen molar-refractivity contribution in [1.82, 2.24) is 4.98 Å². The molecule has 0 aliphatic carbocycles. The Labute approximate surface area is 119 Å². The van der Waals surface area contributed by atoms with Crippen LogP contribution in [0, 0.1) is 0 Å². The van der Waals surface area contributed by atoms with Gasteiger partial charge in [-0.1, -0.05) is 29.3 Å². The average Bonchev–Trinajstić information content (AvgIpc) is 2.43. The van der Waals surface area contributed by atoms with Gasteiger partial charge in [-0.3, -0.25) is 15.6 Å². The Morgan fingerprint density at radius 3 is 2.53 bits per heavy atom. The van der Waals surface area contributed by atoms with Crippen LogP contribution in [0.3, 0.4) is 0 Å². The van der Waals surface area contributed by atoms with Gasteiger partial charge in [-0.25, -0.2) is 0 Å². The molecule has 1 heterocycles. The van der Waals surface area contributed by atoms with E-state index in [2.05, 4.69) is 15.7 Å². The number of benzene rings is 1. The van der Waals surface area contributed by atoms with Gasteiger partial charge in [0.15, 0.2) is 0 Å². The summed E-state index contributed by atoms with van der Waals surface area (Å²) in [5.41, 5.74) is 3.56. The van der Waals surface area contributed by atoms with Gasteiger partial charge in [-0.2, -0.15) is 0 Å². The Morgan fingerprint density at radius 1 is 1.21 bits per heavy atom. The number of rotatable bonds is 3. The molecule has 5 nitrogen and oxygen atoms in total. The van der Waals surface area contributed by atoms with Crippen LogP contribution in [0.4, 0.5) is 11.4 Å². The highest BCUT2D eigenvalue weighted by atomic mass is 35.5. The minimum atomic E-state index is -0.424. The molecule has 19 heavy (non-hydrogen) atoms. The maximum absolute atomic E-state index is 12.0. The van der Waals surface area contributed by atoms with Crippen LogP contribution in [0.15, 0.2) is 36.5 Å². The number of pyridine rings is 1. The molecule has 0 radical (unpaired) electrons. The first-order valence-electron chi connectivity index (χ1n) is 5.30. The number of hydrogen-bond donors (Lipinski definition) is 3. The van der Waals surface area contributed by atoms with E-state index < -0.39 is 5.91 Å². The van der Waals surface area contributed by atoms with Crippen LogP contribution in [0.5, 0.6) is 0 Å².